The molecule has 7 heteroatoms. The maximum absolute atomic E-state index is 12.0. The largest absolute Gasteiger partial charge is 0.376 e. The minimum absolute atomic E-state index is 0.0783. The van der Waals surface area contributed by atoms with Crippen molar-refractivity contribution in [3.63, 3.8) is 0 Å². The van der Waals surface area contributed by atoms with Gasteiger partial charge in [0.05, 0.1) is 25.7 Å². The van der Waals surface area contributed by atoms with E-state index in [1.807, 2.05) is 24.3 Å². The van der Waals surface area contributed by atoms with Gasteiger partial charge in [0.25, 0.3) is 5.91 Å². The number of anilines is 1. The molecule has 1 aromatic rings. The van der Waals surface area contributed by atoms with Crippen molar-refractivity contribution < 1.29 is 19.1 Å². The van der Waals surface area contributed by atoms with Crippen molar-refractivity contribution in [2.75, 3.05) is 37.8 Å². The van der Waals surface area contributed by atoms with Crippen LogP contribution in [0.4, 0.5) is 5.69 Å². The molecule has 2 saturated heterocycles. The van der Waals surface area contributed by atoms with Crippen LogP contribution in [0.5, 0.6) is 0 Å². The Morgan fingerprint density at radius 3 is 2.72 bits per heavy atom. The molecule has 0 saturated carbocycles. The van der Waals surface area contributed by atoms with E-state index in [1.54, 1.807) is 0 Å². The Labute approximate surface area is 147 Å². The maximum atomic E-state index is 12.0. The van der Waals surface area contributed by atoms with Gasteiger partial charge in [0.1, 0.15) is 0 Å². The van der Waals surface area contributed by atoms with Crippen LogP contribution in [0.15, 0.2) is 24.3 Å². The van der Waals surface area contributed by atoms with Gasteiger partial charge in [0, 0.05) is 25.3 Å². The second kappa shape index (κ2) is 8.31. The van der Waals surface area contributed by atoms with Crippen molar-refractivity contribution in [1.29, 1.82) is 0 Å². The number of nitrogens with two attached hydrogens (primary N) is 1. The number of piperidine rings is 1. The van der Waals surface area contributed by atoms with Crippen LogP contribution < -0.4 is 16.0 Å². The number of ether oxygens (including phenoxy) is 2. The molecule has 2 aliphatic rings. The smallest absolute Gasteiger partial charge is 0.251 e. The first-order valence-electron chi connectivity index (χ1n) is 8.74. The van der Waals surface area contributed by atoms with Crippen molar-refractivity contribution in [2.24, 2.45) is 11.7 Å². The molecule has 0 spiro atoms. The van der Waals surface area contributed by atoms with E-state index < -0.39 is 6.10 Å². The summed E-state index contributed by atoms with van der Waals surface area (Å²) in [6.45, 7) is 3.35. The average molecular weight is 347 g/mol. The van der Waals surface area contributed by atoms with Crippen molar-refractivity contribution in [1.82, 2.24) is 5.32 Å². The topological polar surface area (TPSA) is 93.9 Å². The summed E-state index contributed by atoms with van der Waals surface area (Å²) in [5.41, 5.74) is 7.52. The fraction of sp³-hybridized carbons (Fsp3) is 0.556. The number of carbonyl (C=O) groups is 2. The molecule has 25 heavy (non-hydrogen) atoms. The minimum atomic E-state index is -0.521. The Morgan fingerprint density at radius 2 is 2.04 bits per heavy atom. The van der Waals surface area contributed by atoms with Crippen molar-refractivity contribution in [2.45, 2.75) is 25.5 Å². The lowest BCUT2D eigenvalue weighted by molar-refractivity contribution is -0.147. The summed E-state index contributed by atoms with van der Waals surface area (Å²) in [4.78, 5) is 25.6. The van der Waals surface area contributed by atoms with Gasteiger partial charge in [-0.1, -0.05) is 12.1 Å². The summed E-state index contributed by atoms with van der Waals surface area (Å²) in [5.74, 6) is -0.451. The molecule has 2 atom stereocenters. The highest BCUT2D eigenvalue weighted by molar-refractivity contribution is 5.81. The lowest BCUT2D eigenvalue weighted by Gasteiger charge is -2.33. The second-order valence-corrected chi connectivity index (χ2v) is 6.51. The predicted molar refractivity (Wildman–Crippen MR) is 93.0 cm³/mol. The van der Waals surface area contributed by atoms with Gasteiger partial charge in [-0.15, -0.1) is 0 Å². The predicted octanol–water partition coefficient (Wildman–Crippen LogP) is 0.420. The van der Waals surface area contributed by atoms with Crippen LogP contribution in [0, 0.1) is 5.92 Å². The van der Waals surface area contributed by atoms with Crippen LogP contribution >= 0.6 is 0 Å². The quantitative estimate of drug-likeness (QED) is 0.805. The zero-order valence-electron chi connectivity index (χ0n) is 14.3. The Balaban J connectivity index is 1.51. The van der Waals surface area contributed by atoms with Gasteiger partial charge in [0.2, 0.25) is 5.91 Å². The van der Waals surface area contributed by atoms with Crippen LogP contribution in [-0.2, 0) is 25.6 Å². The van der Waals surface area contributed by atoms with E-state index >= 15 is 0 Å². The first-order chi connectivity index (χ1) is 12.1. The van der Waals surface area contributed by atoms with E-state index in [4.69, 9.17) is 15.2 Å². The standard InChI is InChI=1S/C18H25N3O4/c19-17(22)14-2-1-7-21(11-14)15-5-3-13(4-6-15)10-20-18(23)16-12-24-8-9-25-16/h3-6,14,16H,1-2,7-12H2,(H2,19,22)(H,20,23). The van der Waals surface area contributed by atoms with Gasteiger partial charge >= 0.3 is 0 Å². The van der Waals surface area contributed by atoms with Crippen molar-refractivity contribution in [3.05, 3.63) is 29.8 Å². The summed E-state index contributed by atoms with van der Waals surface area (Å²) in [7, 11) is 0. The molecule has 2 amide bonds. The van der Waals surface area contributed by atoms with E-state index in [9.17, 15) is 9.59 Å². The molecular formula is C18H25N3O4. The molecule has 3 N–H and O–H groups in total. The van der Waals surface area contributed by atoms with Gasteiger partial charge in [-0.05, 0) is 30.5 Å². The van der Waals surface area contributed by atoms with Gasteiger partial charge in [0.15, 0.2) is 6.10 Å². The fourth-order valence-electron chi connectivity index (χ4n) is 3.21. The number of benzene rings is 1. The zero-order valence-corrected chi connectivity index (χ0v) is 14.3. The number of primary amides is 1. The van der Waals surface area contributed by atoms with E-state index in [0.717, 1.165) is 30.6 Å². The molecule has 136 valence electrons. The summed E-state index contributed by atoms with van der Waals surface area (Å²) in [6, 6.07) is 8.01. The molecule has 2 fully saturated rings. The number of rotatable bonds is 5. The van der Waals surface area contributed by atoms with Crippen LogP contribution in [0.3, 0.4) is 0 Å². The van der Waals surface area contributed by atoms with Crippen LogP contribution in [0.1, 0.15) is 18.4 Å². The average Bonchev–Trinajstić information content (AvgIpc) is 2.67. The summed E-state index contributed by atoms with van der Waals surface area (Å²) in [5, 5.41) is 2.87. The van der Waals surface area contributed by atoms with Crippen LogP contribution in [0.25, 0.3) is 0 Å². The third-order valence-electron chi connectivity index (χ3n) is 4.70. The number of hydrogen-bond donors (Lipinski definition) is 2. The highest BCUT2D eigenvalue weighted by atomic mass is 16.6. The highest BCUT2D eigenvalue weighted by Gasteiger charge is 2.24. The minimum Gasteiger partial charge on any atom is -0.376 e. The first kappa shape index (κ1) is 17.7. The van der Waals surface area contributed by atoms with Crippen LogP contribution in [-0.4, -0.2) is 50.8 Å². The van der Waals surface area contributed by atoms with Gasteiger partial charge in [-0.3, -0.25) is 9.59 Å². The van der Waals surface area contributed by atoms with Crippen molar-refractivity contribution >= 4 is 17.5 Å². The van der Waals surface area contributed by atoms with E-state index in [2.05, 4.69) is 10.2 Å². The van der Waals surface area contributed by atoms with E-state index in [0.29, 0.717) is 32.9 Å². The zero-order chi connectivity index (χ0) is 17.6. The summed E-state index contributed by atoms with van der Waals surface area (Å²) >= 11 is 0. The van der Waals surface area contributed by atoms with Gasteiger partial charge < -0.3 is 25.4 Å². The molecule has 0 bridgehead atoms. The molecule has 3 rings (SSSR count). The SMILES string of the molecule is NC(=O)C1CCCN(c2ccc(CNC(=O)C3COCCO3)cc2)C1. The number of amides is 2. The molecular weight excluding hydrogens is 322 g/mol. The Kier molecular flexibility index (Phi) is 5.88. The molecule has 2 heterocycles. The normalized spacial score (nSPS) is 23.9. The maximum Gasteiger partial charge on any atom is 0.251 e. The summed E-state index contributed by atoms with van der Waals surface area (Å²) < 4.78 is 10.6. The molecule has 0 aromatic heterocycles. The summed E-state index contributed by atoms with van der Waals surface area (Å²) in [6.07, 6.45) is 1.31. The highest BCUT2D eigenvalue weighted by Crippen LogP contribution is 2.23. The van der Waals surface area contributed by atoms with E-state index in [1.165, 1.54) is 0 Å². The third-order valence-corrected chi connectivity index (χ3v) is 4.70. The molecule has 0 aliphatic carbocycles. The lowest BCUT2D eigenvalue weighted by Crippen LogP contribution is -2.42. The fourth-order valence-corrected chi connectivity index (χ4v) is 3.21. The Bertz CT molecular complexity index is 599. The lowest BCUT2D eigenvalue weighted by atomic mass is 9.97. The molecule has 0 radical (unpaired) electrons. The monoisotopic (exact) mass is 347 g/mol. The number of nitrogens with one attached hydrogen (secondary N) is 1. The second-order valence-electron chi connectivity index (χ2n) is 6.51. The first-order valence-corrected chi connectivity index (χ1v) is 8.74. The van der Waals surface area contributed by atoms with Crippen LogP contribution in [0.2, 0.25) is 0 Å². The molecule has 1 aromatic carbocycles. The number of hydrogen-bond acceptors (Lipinski definition) is 5. The van der Waals surface area contributed by atoms with E-state index in [-0.39, 0.29) is 17.7 Å². The number of carbonyl (C=O) groups excluding carboxylic acids is 2. The molecule has 7 nitrogen and oxygen atoms in total. The van der Waals surface area contributed by atoms with Gasteiger partial charge in [-0.25, -0.2) is 0 Å². The number of nitrogens with zero attached hydrogens (tertiary/aromatic N) is 1. The Morgan fingerprint density at radius 1 is 1.24 bits per heavy atom. The van der Waals surface area contributed by atoms with Gasteiger partial charge in [-0.2, -0.15) is 0 Å². The van der Waals surface area contributed by atoms with Crippen molar-refractivity contribution in [3.8, 4) is 0 Å². The Hall–Kier alpha value is -2.12. The molecule has 2 aliphatic heterocycles. The molecule has 2 unspecified atom stereocenters. The third kappa shape index (κ3) is 4.70.